The Morgan fingerprint density at radius 1 is 1.35 bits per heavy atom. The van der Waals surface area contributed by atoms with Crippen LogP contribution in [0, 0.1) is 11.6 Å². The van der Waals surface area contributed by atoms with Crippen LogP contribution in [0.4, 0.5) is 8.78 Å². The Morgan fingerprint density at radius 2 is 2.06 bits per heavy atom. The maximum Gasteiger partial charge on any atom is 0.234 e. The first-order valence-corrected chi connectivity index (χ1v) is 5.43. The second-order valence-electron chi connectivity index (χ2n) is 4.04. The lowest BCUT2D eigenvalue weighted by Gasteiger charge is -2.09. The minimum Gasteiger partial charge on any atom is -0.353 e. The maximum atomic E-state index is 13.2. The molecule has 0 heterocycles. The van der Waals surface area contributed by atoms with Crippen LogP contribution in [-0.2, 0) is 11.3 Å². The Hall–Kier alpha value is -1.49. The number of halogens is 2. The summed E-state index contributed by atoms with van der Waals surface area (Å²) in [6, 6.07) is 4.04. The molecule has 1 rings (SSSR count). The van der Waals surface area contributed by atoms with Gasteiger partial charge in [0, 0.05) is 18.2 Å². The van der Waals surface area contributed by atoms with Gasteiger partial charge in [-0.1, -0.05) is 12.1 Å². The molecule has 5 heteroatoms. The summed E-state index contributed by atoms with van der Waals surface area (Å²) < 4.78 is 26.1. The van der Waals surface area contributed by atoms with E-state index in [1.165, 1.54) is 12.1 Å². The average molecular weight is 242 g/mol. The number of benzene rings is 1. The first kappa shape index (κ1) is 13.6. The smallest absolute Gasteiger partial charge is 0.234 e. The second kappa shape index (κ2) is 6.30. The first-order chi connectivity index (χ1) is 8.00. The molecule has 17 heavy (non-hydrogen) atoms. The van der Waals surface area contributed by atoms with Crippen molar-refractivity contribution in [3.05, 3.63) is 35.4 Å². The van der Waals surface area contributed by atoms with Crippen LogP contribution in [0.3, 0.4) is 0 Å². The first-order valence-electron chi connectivity index (χ1n) is 5.43. The average Bonchev–Trinajstić information content (AvgIpc) is 2.23. The summed E-state index contributed by atoms with van der Waals surface area (Å²) in [7, 11) is 0. The maximum absolute atomic E-state index is 13.2. The summed E-state index contributed by atoms with van der Waals surface area (Å²) in [4.78, 5) is 11.3. The van der Waals surface area contributed by atoms with Gasteiger partial charge in [-0.05, 0) is 19.9 Å². The highest BCUT2D eigenvalue weighted by molar-refractivity contribution is 5.78. The highest BCUT2D eigenvalue weighted by Gasteiger charge is 2.08. The molecular weight excluding hydrogens is 226 g/mol. The Bertz CT molecular complexity index is 394. The van der Waals surface area contributed by atoms with E-state index < -0.39 is 11.6 Å². The van der Waals surface area contributed by atoms with Crippen molar-refractivity contribution < 1.29 is 13.6 Å². The third kappa shape index (κ3) is 4.48. The Kier molecular flexibility index (Phi) is 5.03. The predicted octanol–water partition coefficient (Wildman–Crippen LogP) is 1.58. The monoisotopic (exact) mass is 242 g/mol. The van der Waals surface area contributed by atoms with Crippen LogP contribution in [0.1, 0.15) is 19.4 Å². The molecule has 1 amide bonds. The summed E-state index contributed by atoms with van der Waals surface area (Å²) in [5.74, 6) is -1.92. The van der Waals surface area contributed by atoms with Gasteiger partial charge in [0.1, 0.15) is 0 Å². The molecule has 0 radical (unpaired) electrons. The second-order valence-corrected chi connectivity index (χ2v) is 4.04. The number of hydrogen-bond acceptors (Lipinski definition) is 2. The normalized spacial score (nSPS) is 10.6. The molecule has 0 aliphatic heterocycles. The molecule has 0 bridgehead atoms. The van der Waals surface area contributed by atoms with Gasteiger partial charge < -0.3 is 10.6 Å². The van der Waals surface area contributed by atoms with E-state index in [-0.39, 0.29) is 30.6 Å². The van der Waals surface area contributed by atoms with E-state index in [9.17, 15) is 13.6 Å². The third-order valence-electron chi connectivity index (χ3n) is 2.08. The van der Waals surface area contributed by atoms with Crippen molar-refractivity contribution in [1.82, 2.24) is 10.6 Å². The molecule has 0 spiro atoms. The fourth-order valence-electron chi connectivity index (χ4n) is 1.37. The van der Waals surface area contributed by atoms with Crippen LogP contribution in [0.5, 0.6) is 0 Å². The van der Waals surface area contributed by atoms with Crippen molar-refractivity contribution in [2.75, 3.05) is 6.54 Å². The molecule has 0 saturated carbocycles. The molecule has 0 fully saturated rings. The predicted molar refractivity (Wildman–Crippen MR) is 61.3 cm³/mol. The van der Waals surface area contributed by atoms with E-state index in [1.807, 2.05) is 13.8 Å². The van der Waals surface area contributed by atoms with E-state index in [0.717, 1.165) is 6.07 Å². The topological polar surface area (TPSA) is 41.1 Å². The van der Waals surface area contributed by atoms with E-state index in [0.29, 0.717) is 0 Å². The van der Waals surface area contributed by atoms with Crippen molar-refractivity contribution in [3.63, 3.8) is 0 Å². The van der Waals surface area contributed by atoms with Crippen LogP contribution in [0.25, 0.3) is 0 Å². The lowest BCUT2D eigenvalue weighted by atomic mass is 10.2. The zero-order valence-electron chi connectivity index (χ0n) is 9.89. The van der Waals surface area contributed by atoms with E-state index in [2.05, 4.69) is 10.6 Å². The third-order valence-corrected chi connectivity index (χ3v) is 2.08. The summed E-state index contributed by atoms with van der Waals surface area (Å²) >= 11 is 0. The highest BCUT2D eigenvalue weighted by atomic mass is 19.2. The number of nitrogens with one attached hydrogen (secondary N) is 2. The number of rotatable bonds is 5. The van der Waals surface area contributed by atoms with Gasteiger partial charge in [-0.25, -0.2) is 8.78 Å². The van der Waals surface area contributed by atoms with E-state index >= 15 is 0 Å². The van der Waals surface area contributed by atoms with Gasteiger partial charge >= 0.3 is 0 Å². The quantitative estimate of drug-likeness (QED) is 0.823. The molecule has 94 valence electrons. The minimum absolute atomic E-state index is 0.0650. The Labute approximate surface area is 99.2 Å². The molecule has 3 nitrogen and oxygen atoms in total. The van der Waals surface area contributed by atoms with Crippen LogP contribution in [0.15, 0.2) is 18.2 Å². The molecule has 2 N–H and O–H groups in total. The van der Waals surface area contributed by atoms with Gasteiger partial charge in [0.25, 0.3) is 0 Å². The fraction of sp³-hybridized carbons (Fsp3) is 0.417. The van der Waals surface area contributed by atoms with Gasteiger partial charge in [-0.15, -0.1) is 0 Å². The van der Waals surface area contributed by atoms with Crippen molar-refractivity contribution in [2.24, 2.45) is 0 Å². The molecule has 0 aliphatic rings. The van der Waals surface area contributed by atoms with Crippen LogP contribution in [0.2, 0.25) is 0 Å². The Morgan fingerprint density at radius 3 is 2.71 bits per heavy atom. The molecule has 0 saturated heterocycles. The number of amides is 1. The van der Waals surface area contributed by atoms with Gasteiger partial charge in [0.05, 0.1) is 6.54 Å². The van der Waals surface area contributed by atoms with Crippen LogP contribution < -0.4 is 10.6 Å². The number of hydrogen-bond donors (Lipinski definition) is 2. The minimum atomic E-state index is -0.879. The molecule has 0 aromatic heterocycles. The van der Waals surface area contributed by atoms with Crippen molar-refractivity contribution >= 4 is 5.91 Å². The number of carbonyl (C=O) groups excluding carboxylic acids is 1. The molecule has 0 atom stereocenters. The number of carbonyl (C=O) groups is 1. The van der Waals surface area contributed by atoms with Gasteiger partial charge in [-0.3, -0.25) is 4.79 Å². The SMILES string of the molecule is CC(C)NC(=O)CNCc1cccc(F)c1F. The Balaban J connectivity index is 2.41. The largest absolute Gasteiger partial charge is 0.353 e. The highest BCUT2D eigenvalue weighted by Crippen LogP contribution is 2.10. The van der Waals surface area contributed by atoms with Crippen molar-refractivity contribution in [3.8, 4) is 0 Å². The summed E-state index contributed by atoms with van der Waals surface area (Å²) in [6.07, 6.45) is 0. The lowest BCUT2D eigenvalue weighted by Crippen LogP contribution is -2.37. The molecule has 1 aromatic carbocycles. The van der Waals surface area contributed by atoms with Crippen molar-refractivity contribution in [2.45, 2.75) is 26.4 Å². The lowest BCUT2D eigenvalue weighted by molar-refractivity contribution is -0.120. The van der Waals surface area contributed by atoms with Gasteiger partial charge in [0.2, 0.25) is 5.91 Å². The fourth-order valence-corrected chi connectivity index (χ4v) is 1.37. The molecule has 0 unspecified atom stereocenters. The van der Waals surface area contributed by atoms with Crippen LogP contribution >= 0.6 is 0 Å². The summed E-state index contributed by atoms with van der Waals surface area (Å²) in [5, 5.41) is 5.44. The summed E-state index contributed by atoms with van der Waals surface area (Å²) in [6.45, 7) is 3.90. The van der Waals surface area contributed by atoms with Crippen molar-refractivity contribution in [1.29, 1.82) is 0 Å². The van der Waals surface area contributed by atoms with Gasteiger partial charge in [-0.2, -0.15) is 0 Å². The molecule has 0 aliphatic carbocycles. The zero-order valence-corrected chi connectivity index (χ0v) is 9.89. The van der Waals surface area contributed by atoms with E-state index in [4.69, 9.17) is 0 Å². The summed E-state index contributed by atoms with van der Waals surface area (Å²) in [5.41, 5.74) is 0.211. The van der Waals surface area contributed by atoms with Crippen LogP contribution in [-0.4, -0.2) is 18.5 Å². The molecular formula is C12H16F2N2O. The van der Waals surface area contributed by atoms with Gasteiger partial charge in [0.15, 0.2) is 11.6 Å². The standard InChI is InChI=1S/C12H16F2N2O/c1-8(2)16-11(17)7-15-6-9-4-3-5-10(13)12(9)14/h3-5,8,15H,6-7H2,1-2H3,(H,16,17). The van der Waals surface area contributed by atoms with E-state index in [1.54, 1.807) is 0 Å². The zero-order chi connectivity index (χ0) is 12.8. The molecule has 1 aromatic rings.